The zero-order chi connectivity index (χ0) is 27.8. The fraction of sp³-hybridized carbons (Fsp3) is 0.138. The van der Waals surface area contributed by atoms with Crippen molar-refractivity contribution in [1.82, 2.24) is 5.32 Å². The molecule has 0 atom stereocenters. The molecule has 0 aliphatic rings. The Hall–Kier alpha value is -4.21. The van der Waals surface area contributed by atoms with Crippen molar-refractivity contribution < 1.29 is 22.7 Å². The summed E-state index contributed by atoms with van der Waals surface area (Å²) in [7, 11) is -1.07. The predicted molar refractivity (Wildman–Crippen MR) is 155 cm³/mol. The van der Waals surface area contributed by atoms with E-state index >= 15 is 0 Å². The van der Waals surface area contributed by atoms with Crippen LogP contribution < -0.4 is 24.8 Å². The summed E-state index contributed by atoms with van der Waals surface area (Å²) in [6.07, 6.45) is 0. The average molecular weight is 566 g/mol. The van der Waals surface area contributed by atoms with Crippen LogP contribution in [0.2, 0.25) is 5.02 Å². The van der Waals surface area contributed by atoms with Crippen LogP contribution in [0.5, 0.6) is 11.5 Å². The molecule has 0 aliphatic carbocycles. The molecule has 0 spiro atoms. The monoisotopic (exact) mass is 565 g/mol. The third kappa shape index (κ3) is 6.81. The van der Waals surface area contributed by atoms with Gasteiger partial charge in [0.05, 0.1) is 25.5 Å². The van der Waals surface area contributed by atoms with Gasteiger partial charge in [0.1, 0.15) is 16.4 Å². The molecule has 0 radical (unpaired) electrons. The quantitative estimate of drug-likeness (QED) is 0.202. The van der Waals surface area contributed by atoms with E-state index in [1.165, 1.54) is 20.3 Å². The van der Waals surface area contributed by atoms with Crippen LogP contribution in [0.4, 0.5) is 11.4 Å². The lowest BCUT2D eigenvalue weighted by atomic mass is 10.1. The average Bonchev–Trinajstić information content (AvgIpc) is 2.95. The number of anilines is 2. The minimum atomic E-state index is -4.00. The number of nitrogens with one attached hydrogen (secondary N) is 3. The van der Waals surface area contributed by atoms with Gasteiger partial charge in [-0.3, -0.25) is 9.52 Å². The van der Waals surface area contributed by atoms with Gasteiger partial charge in [-0.1, -0.05) is 54.1 Å². The molecule has 4 aromatic rings. The molecule has 0 unspecified atom stereocenters. The van der Waals surface area contributed by atoms with E-state index in [0.717, 1.165) is 0 Å². The van der Waals surface area contributed by atoms with Crippen molar-refractivity contribution >= 4 is 38.9 Å². The van der Waals surface area contributed by atoms with Crippen LogP contribution in [0.3, 0.4) is 0 Å². The number of sulfonamides is 1. The number of para-hydroxylation sites is 1. The van der Waals surface area contributed by atoms with E-state index in [-0.39, 0.29) is 16.6 Å². The zero-order valence-corrected chi connectivity index (χ0v) is 23.0. The van der Waals surface area contributed by atoms with Crippen LogP contribution in [-0.2, 0) is 10.0 Å². The van der Waals surface area contributed by atoms with Crippen molar-refractivity contribution in [3.05, 3.63) is 102 Å². The van der Waals surface area contributed by atoms with E-state index in [2.05, 4.69) is 15.4 Å². The number of ether oxygens (including phenoxy) is 2. The van der Waals surface area contributed by atoms with Gasteiger partial charge in [0, 0.05) is 29.4 Å². The third-order valence-corrected chi connectivity index (χ3v) is 7.58. The first-order valence-electron chi connectivity index (χ1n) is 12.0. The molecular weight excluding hydrogens is 538 g/mol. The van der Waals surface area contributed by atoms with Crippen molar-refractivity contribution in [3.8, 4) is 22.6 Å². The molecule has 10 heteroatoms. The summed E-state index contributed by atoms with van der Waals surface area (Å²) in [4.78, 5) is 12.4. The van der Waals surface area contributed by atoms with Crippen LogP contribution in [0.15, 0.2) is 95.9 Å². The Morgan fingerprint density at radius 3 is 2.28 bits per heavy atom. The minimum Gasteiger partial charge on any atom is -0.496 e. The Morgan fingerprint density at radius 1 is 0.795 bits per heavy atom. The molecule has 0 saturated heterocycles. The summed E-state index contributed by atoms with van der Waals surface area (Å²) < 4.78 is 40.0. The Bertz CT molecular complexity index is 1580. The van der Waals surface area contributed by atoms with Gasteiger partial charge in [-0.15, -0.1) is 0 Å². The summed E-state index contributed by atoms with van der Waals surface area (Å²) in [6, 6.07) is 25.9. The Balaban J connectivity index is 1.43. The van der Waals surface area contributed by atoms with Gasteiger partial charge < -0.3 is 20.1 Å². The van der Waals surface area contributed by atoms with Gasteiger partial charge in [-0.25, -0.2) is 8.42 Å². The largest absolute Gasteiger partial charge is 0.496 e. The number of halogens is 1. The van der Waals surface area contributed by atoms with E-state index in [4.69, 9.17) is 21.1 Å². The SMILES string of the molecule is COc1ccccc1C(=O)NCCNc1cccc(NS(=O)(=O)c2cc(-c3ccccc3Cl)ccc2OC)c1. The van der Waals surface area contributed by atoms with Gasteiger partial charge >= 0.3 is 0 Å². The van der Waals surface area contributed by atoms with Crippen molar-refractivity contribution in [2.45, 2.75) is 4.90 Å². The number of carbonyl (C=O) groups is 1. The molecule has 8 nitrogen and oxygen atoms in total. The van der Waals surface area contributed by atoms with Gasteiger partial charge in [0.2, 0.25) is 0 Å². The third-order valence-electron chi connectivity index (χ3n) is 5.84. The predicted octanol–water partition coefficient (Wildman–Crippen LogP) is 5.67. The van der Waals surface area contributed by atoms with Gasteiger partial charge in [-0.2, -0.15) is 0 Å². The van der Waals surface area contributed by atoms with Crippen LogP contribution in [0, 0.1) is 0 Å². The van der Waals surface area contributed by atoms with Crippen LogP contribution in [0.1, 0.15) is 10.4 Å². The molecular formula is C29H28ClN3O5S. The second kappa shape index (κ2) is 12.6. The van der Waals surface area contributed by atoms with Crippen molar-refractivity contribution in [2.24, 2.45) is 0 Å². The molecule has 0 aliphatic heterocycles. The molecule has 1 amide bonds. The second-order valence-electron chi connectivity index (χ2n) is 8.41. The summed E-state index contributed by atoms with van der Waals surface area (Å²) in [5.74, 6) is 0.457. The highest BCUT2D eigenvalue weighted by atomic mass is 35.5. The van der Waals surface area contributed by atoms with Crippen LogP contribution >= 0.6 is 11.6 Å². The highest BCUT2D eigenvalue weighted by Crippen LogP contribution is 2.34. The molecule has 3 N–H and O–H groups in total. The molecule has 4 rings (SSSR count). The number of rotatable bonds is 11. The van der Waals surface area contributed by atoms with Crippen molar-refractivity contribution in [3.63, 3.8) is 0 Å². The van der Waals surface area contributed by atoms with E-state index in [1.807, 2.05) is 18.2 Å². The number of methoxy groups -OCH3 is 2. The lowest BCUT2D eigenvalue weighted by Crippen LogP contribution is -2.29. The molecule has 39 heavy (non-hydrogen) atoms. The summed E-state index contributed by atoms with van der Waals surface area (Å²) >= 11 is 6.33. The highest BCUT2D eigenvalue weighted by molar-refractivity contribution is 7.92. The maximum Gasteiger partial charge on any atom is 0.265 e. The number of hydrogen-bond acceptors (Lipinski definition) is 6. The molecule has 0 heterocycles. The maximum atomic E-state index is 13.4. The molecule has 0 aromatic heterocycles. The molecule has 0 fully saturated rings. The van der Waals surface area contributed by atoms with E-state index in [0.29, 0.717) is 51.9 Å². The van der Waals surface area contributed by atoms with E-state index in [9.17, 15) is 13.2 Å². The summed E-state index contributed by atoms with van der Waals surface area (Å²) in [6.45, 7) is 0.768. The van der Waals surface area contributed by atoms with Gasteiger partial charge in [-0.05, 0) is 54.1 Å². The normalized spacial score (nSPS) is 10.9. The highest BCUT2D eigenvalue weighted by Gasteiger charge is 2.21. The zero-order valence-electron chi connectivity index (χ0n) is 21.4. The maximum absolute atomic E-state index is 13.4. The Morgan fingerprint density at radius 2 is 1.51 bits per heavy atom. The van der Waals surface area contributed by atoms with Crippen molar-refractivity contribution in [2.75, 3.05) is 37.3 Å². The second-order valence-corrected chi connectivity index (χ2v) is 10.5. The molecule has 4 aromatic carbocycles. The standard InChI is InChI=1S/C29H28ClN3O5S/c1-37-26-13-6-4-11-24(26)29(34)32-17-16-31-21-8-7-9-22(19-21)33-39(35,36)28-18-20(14-15-27(28)38-2)23-10-3-5-12-25(23)30/h3-15,18-19,31,33H,16-17H2,1-2H3,(H,32,34). The first-order chi connectivity index (χ1) is 18.8. The minimum absolute atomic E-state index is 0.0140. The summed E-state index contributed by atoms with van der Waals surface area (Å²) in [5.41, 5.74) is 2.85. The molecule has 0 bridgehead atoms. The van der Waals surface area contributed by atoms with Gasteiger partial charge in [0.15, 0.2) is 0 Å². The number of hydrogen-bond donors (Lipinski definition) is 3. The van der Waals surface area contributed by atoms with Crippen molar-refractivity contribution in [1.29, 1.82) is 0 Å². The topological polar surface area (TPSA) is 106 Å². The Labute approximate surface area is 233 Å². The first-order valence-corrected chi connectivity index (χ1v) is 13.9. The number of amides is 1. The summed E-state index contributed by atoms with van der Waals surface area (Å²) in [5, 5.41) is 6.53. The molecule has 0 saturated carbocycles. The number of benzene rings is 4. The fourth-order valence-electron chi connectivity index (χ4n) is 3.96. The smallest absolute Gasteiger partial charge is 0.265 e. The first kappa shape index (κ1) is 27.8. The number of carbonyl (C=O) groups excluding carboxylic acids is 1. The van der Waals surface area contributed by atoms with Crippen LogP contribution in [-0.4, -0.2) is 41.6 Å². The van der Waals surface area contributed by atoms with Gasteiger partial charge in [0.25, 0.3) is 15.9 Å². The lowest BCUT2D eigenvalue weighted by molar-refractivity contribution is 0.0952. The molecule has 202 valence electrons. The van der Waals surface area contributed by atoms with E-state index < -0.39 is 10.0 Å². The lowest BCUT2D eigenvalue weighted by Gasteiger charge is -2.15. The van der Waals surface area contributed by atoms with E-state index in [1.54, 1.807) is 66.7 Å². The Kier molecular flexibility index (Phi) is 8.96. The van der Waals surface area contributed by atoms with Crippen LogP contribution in [0.25, 0.3) is 11.1 Å². The fourth-order valence-corrected chi connectivity index (χ4v) is 5.45.